The van der Waals surface area contributed by atoms with Crippen molar-refractivity contribution in [3.8, 4) is 5.75 Å². The van der Waals surface area contributed by atoms with E-state index in [0.29, 0.717) is 6.54 Å². The predicted octanol–water partition coefficient (Wildman–Crippen LogP) is 0.774. The highest BCUT2D eigenvalue weighted by Gasteiger charge is 2.20. The largest absolute Gasteiger partial charge is 0.505 e. The van der Waals surface area contributed by atoms with E-state index < -0.39 is 0 Å². The Hall–Kier alpha value is -2.11. The molecule has 0 aromatic carbocycles. The third-order valence-electron chi connectivity index (χ3n) is 2.48. The van der Waals surface area contributed by atoms with Gasteiger partial charge in [-0.1, -0.05) is 0 Å². The number of hydrogen-bond acceptors (Lipinski definition) is 4. The van der Waals surface area contributed by atoms with Gasteiger partial charge in [0.05, 0.1) is 18.3 Å². The van der Waals surface area contributed by atoms with Gasteiger partial charge in [-0.25, -0.2) is 0 Å². The van der Waals surface area contributed by atoms with Gasteiger partial charge >= 0.3 is 0 Å². The van der Waals surface area contributed by atoms with Crippen LogP contribution in [-0.4, -0.2) is 45.9 Å². The van der Waals surface area contributed by atoms with Crippen molar-refractivity contribution in [1.82, 2.24) is 15.2 Å². The molecule has 1 rings (SSSR count). The Bertz CT molecular complexity index is 460. The molecule has 0 spiro atoms. The highest BCUT2D eigenvalue weighted by molar-refractivity contribution is 5.98. The number of carbonyl (C=O) groups excluding carboxylic acids is 2. The number of nitrogens with zero attached hydrogens (tertiary/aromatic N) is 2. The first-order chi connectivity index (χ1) is 8.95. The van der Waals surface area contributed by atoms with E-state index >= 15 is 0 Å². The molecule has 0 aliphatic rings. The number of aromatic hydroxyl groups is 1. The summed E-state index contributed by atoms with van der Waals surface area (Å²) in [7, 11) is 0. The van der Waals surface area contributed by atoms with E-state index in [1.54, 1.807) is 6.92 Å². The normalized spacial score (nSPS) is 10.3. The van der Waals surface area contributed by atoms with Crippen molar-refractivity contribution in [3.05, 3.63) is 24.0 Å². The summed E-state index contributed by atoms with van der Waals surface area (Å²) in [6.07, 6.45) is 2.63. The maximum atomic E-state index is 12.2. The summed E-state index contributed by atoms with van der Waals surface area (Å²) < 4.78 is 0. The summed E-state index contributed by atoms with van der Waals surface area (Å²) in [5.41, 5.74) is 0.147. The molecule has 6 heteroatoms. The van der Waals surface area contributed by atoms with Crippen LogP contribution in [0.5, 0.6) is 5.75 Å². The van der Waals surface area contributed by atoms with Crippen LogP contribution in [0.3, 0.4) is 0 Å². The maximum Gasteiger partial charge on any atom is 0.258 e. The molecule has 19 heavy (non-hydrogen) atoms. The fraction of sp³-hybridized carbons (Fsp3) is 0.462. The highest BCUT2D eigenvalue weighted by Crippen LogP contribution is 2.16. The standard InChI is InChI=1S/C13H19N3O3/c1-4-16(8-12(18)15-9(2)3)13(19)10-5-6-14-7-11(10)17/h5-7,9,17H,4,8H2,1-3H3,(H,15,18). The van der Waals surface area contributed by atoms with Crippen molar-refractivity contribution in [2.24, 2.45) is 0 Å². The van der Waals surface area contributed by atoms with E-state index in [1.807, 2.05) is 13.8 Å². The summed E-state index contributed by atoms with van der Waals surface area (Å²) in [5.74, 6) is -0.796. The predicted molar refractivity (Wildman–Crippen MR) is 70.8 cm³/mol. The zero-order valence-electron chi connectivity index (χ0n) is 11.4. The molecule has 0 aliphatic carbocycles. The third kappa shape index (κ3) is 4.24. The van der Waals surface area contributed by atoms with Crippen molar-refractivity contribution < 1.29 is 14.7 Å². The Morgan fingerprint density at radius 2 is 2.16 bits per heavy atom. The van der Waals surface area contributed by atoms with Crippen LogP contribution in [0.25, 0.3) is 0 Å². The molecular formula is C13H19N3O3. The molecule has 1 aromatic rings. The van der Waals surface area contributed by atoms with Crippen LogP contribution in [0.1, 0.15) is 31.1 Å². The van der Waals surface area contributed by atoms with Crippen molar-refractivity contribution in [2.75, 3.05) is 13.1 Å². The average molecular weight is 265 g/mol. The number of carbonyl (C=O) groups is 2. The summed E-state index contributed by atoms with van der Waals surface area (Å²) in [5, 5.41) is 12.3. The molecule has 104 valence electrons. The topological polar surface area (TPSA) is 82.5 Å². The SMILES string of the molecule is CCN(CC(=O)NC(C)C)C(=O)c1ccncc1O. The maximum absolute atomic E-state index is 12.2. The zero-order valence-corrected chi connectivity index (χ0v) is 11.4. The Labute approximate surface area is 112 Å². The van der Waals surface area contributed by atoms with Crippen molar-refractivity contribution >= 4 is 11.8 Å². The number of aromatic nitrogens is 1. The molecule has 2 N–H and O–H groups in total. The van der Waals surface area contributed by atoms with E-state index in [9.17, 15) is 14.7 Å². The van der Waals surface area contributed by atoms with Crippen LogP contribution in [0, 0.1) is 0 Å². The van der Waals surface area contributed by atoms with Crippen LogP contribution >= 0.6 is 0 Å². The fourth-order valence-corrected chi connectivity index (χ4v) is 1.61. The second kappa shape index (κ2) is 6.72. The second-order valence-electron chi connectivity index (χ2n) is 4.43. The lowest BCUT2D eigenvalue weighted by Crippen LogP contribution is -2.42. The Balaban J connectivity index is 2.78. The third-order valence-corrected chi connectivity index (χ3v) is 2.48. The Kier molecular flexibility index (Phi) is 5.29. The lowest BCUT2D eigenvalue weighted by Gasteiger charge is -2.21. The van der Waals surface area contributed by atoms with Gasteiger partial charge in [0.15, 0.2) is 0 Å². The van der Waals surface area contributed by atoms with E-state index in [1.165, 1.54) is 23.4 Å². The van der Waals surface area contributed by atoms with Gasteiger partial charge in [0.25, 0.3) is 5.91 Å². The first-order valence-electron chi connectivity index (χ1n) is 6.17. The minimum atomic E-state index is -0.388. The van der Waals surface area contributed by atoms with Crippen LogP contribution in [0.2, 0.25) is 0 Å². The smallest absolute Gasteiger partial charge is 0.258 e. The Morgan fingerprint density at radius 3 is 2.68 bits per heavy atom. The summed E-state index contributed by atoms with van der Waals surface area (Å²) in [6, 6.07) is 1.45. The van der Waals surface area contributed by atoms with Crippen LogP contribution in [0.4, 0.5) is 0 Å². The molecule has 0 fully saturated rings. The zero-order chi connectivity index (χ0) is 14.4. The molecule has 0 saturated carbocycles. The molecular weight excluding hydrogens is 246 g/mol. The van der Waals surface area contributed by atoms with Gasteiger partial charge in [0.1, 0.15) is 5.75 Å². The fourth-order valence-electron chi connectivity index (χ4n) is 1.61. The molecule has 0 radical (unpaired) electrons. The van der Waals surface area contributed by atoms with Crippen LogP contribution < -0.4 is 5.32 Å². The van der Waals surface area contributed by atoms with Crippen molar-refractivity contribution in [2.45, 2.75) is 26.8 Å². The molecule has 0 atom stereocenters. The molecule has 0 aliphatic heterocycles. The quantitative estimate of drug-likeness (QED) is 0.824. The number of hydrogen-bond donors (Lipinski definition) is 2. The molecule has 0 unspecified atom stereocenters. The molecule has 0 bridgehead atoms. The van der Waals surface area contributed by atoms with Gasteiger partial charge in [-0.05, 0) is 26.8 Å². The monoisotopic (exact) mass is 265 g/mol. The van der Waals surface area contributed by atoms with E-state index in [0.717, 1.165) is 0 Å². The van der Waals surface area contributed by atoms with Gasteiger partial charge in [-0.15, -0.1) is 0 Å². The summed E-state index contributed by atoms with van der Waals surface area (Å²) >= 11 is 0. The Morgan fingerprint density at radius 1 is 1.47 bits per heavy atom. The van der Waals surface area contributed by atoms with Gasteiger partial charge in [0.2, 0.25) is 5.91 Å². The molecule has 1 heterocycles. The van der Waals surface area contributed by atoms with Crippen molar-refractivity contribution in [3.63, 3.8) is 0 Å². The summed E-state index contributed by atoms with van der Waals surface area (Å²) in [4.78, 5) is 28.9. The van der Waals surface area contributed by atoms with E-state index in [2.05, 4.69) is 10.3 Å². The minimum Gasteiger partial charge on any atom is -0.505 e. The van der Waals surface area contributed by atoms with Gasteiger partial charge in [-0.3, -0.25) is 14.6 Å². The first kappa shape index (κ1) is 14.9. The number of likely N-dealkylation sites (N-methyl/N-ethyl adjacent to an activating group) is 1. The van der Waals surface area contributed by atoms with E-state index in [-0.39, 0.29) is 35.7 Å². The van der Waals surface area contributed by atoms with Gasteiger partial charge < -0.3 is 15.3 Å². The highest BCUT2D eigenvalue weighted by atomic mass is 16.3. The second-order valence-corrected chi connectivity index (χ2v) is 4.43. The number of pyridine rings is 1. The minimum absolute atomic E-state index is 0.0237. The van der Waals surface area contributed by atoms with E-state index in [4.69, 9.17) is 0 Å². The lowest BCUT2D eigenvalue weighted by molar-refractivity contribution is -0.122. The molecule has 2 amide bonds. The number of nitrogens with one attached hydrogen (secondary N) is 1. The summed E-state index contributed by atoms with van der Waals surface area (Å²) in [6.45, 7) is 5.83. The van der Waals surface area contributed by atoms with Crippen molar-refractivity contribution in [1.29, 1.82) is 0 Å². The van der Waals surface area contributed by atoms with Crippen LogP contribution in [-0.2, 0) is 4.79 Å². The lowest BCUT2D eigenvalue weighted by atomic mass is 10.2. The molecule has 6 nitrogen and oxygen atoms in total. The number of rotatable bonds is 5. The molecule has 0 saturated heterocycles. The van der Waals surface area contributed by atoms with Gasteiger partial charge in [0, 0.05) is 18.8 Å². The molecule has 1 aromatic heterocycles. The van der Waals surface area contributed by atoms with Crippen LogP contribution in [0.15, 0.2) is 18.5 Å². The first-order valence-corrected chi connectivity index (χ1v) is 6.17. The number of amides is 2. The average Bonchev–Trinajstić information content (AvgIpc) is 2.35. The van der Waals surface area contributed by atoms with Gasteiger partial charge in [-0.2, -0.15) is 0 Å².